The summed E-state index contributed by atoms with van der Waals surface area (Å²) in [4.78, 5) is 21.6. The van der Waals surface area contributed by atoms with E-state index in [1.165, 1.54) is 40.4 Å². The Hall–Kier alpha value is -2.87. The molecule has 0 saturated carbocycles. The molecule has 6 nitrogen and oxygen atoms in total. The highest BCUT2D eigenvalue weighted by Gasteiger charge is 2.12. The highest BCUT2D eigenvalue weighted by molar-refractivity contribution is 7.13. The summed E-state index contributed by atoms with van der Waals surface area (Å²) >= 11 is 1.50. The number of aromatic nitrogens is 4. The Kier molecular flexibility index (Phi) is 3.23. The molecule has 0 aliphatic carbocycles. The molecule has 4 rings (SSSR count). The molecule has 0 aliphatic heterocycles. The summed E-state index contributed by atoms with van der Waals surface area (Å²) in [5.41, 5.74) is 0.0296. The van der Waals surface area contributed by atoms with Gasteiger partial charge in [0.15, 0.2) is 0 Å². The Balaban J connectivity index is 1.69. The molecular formula is C15H9FN4O2S. The molecule has 0 N–H and O–H groups in total. The second kappa shape index (κ2) is 5.40. The fourth-order valence-electron chi connectivity index (χ4n) is 2.21. The van der Waals surface area contributed by atoms with Crippen molar-refractivity contribution in [2.24, 2.45) is 0 Å². The topological polar surface area (TPSA) is 73.8 Å². The SMILES string of the molecule is O=c1c2ccc(F)cc2ncn1Cc1nc(-c2cccs2)no1. The Labute approximate surface area is 132 Å². The predicted molar refractivity (Wildman–Crippen MR) is 82.7 cm³/mol. The van der Waals surface area contributed by atoms with Crippen LogP contribution in [-0.2, 0) is 6.54 Å². The van der Waals surface area contributed by atoms with Gasteiger partial charge in [0.25, 0.3) is 5.56 Å². The fraction of sp³-hybridized carbons (Fsp3) is 0.0667. The number of benzene rings is 1. The van der Waals surface area contributed by atoms with E-state index in [0.717, 1.165) is 4.88 Å². The summed E-state index contributed by atoms with van der Waals surface area (Å²) in [7, 11) is 0. The molecule has 114 valence electrons. The minimum absolute atomic E-state index is 0.109. The second-order valence-electron chi connectivity index (χ2n) is 4.83. The van der Waals surface area contributed by atoms with Crippen LogP contribution in [-0.4, -0.2) is 19.7 Å². The summed E-state index contributed by atoms with van der Waals surface area (Å²) < 4.78 is 19.7. The lowest BCUT2D eigenvalue weighted by Gasteiger charge is -2.03. The largest absolute Gasteiger partial charge is 0.337 e. The monoisotopic (exact) mass is 328 g/mol. The molecule has 0 spiro atoms. The highest BCUT2D eigenvalue weighted by atomic mass is 32.1. The van der Waals surface area contributed by atoms with Crippen LogP contribution in [0.2, 0.25) is 0 Å². The molecule has 0 radical (unpaired) electrons. The van der Waals surface area contributed by atoms with Crippen molar-refractivity contribution >= 4 is 22.2 Å². The summed E-state index contributed by atoms with van der Waals surface area (Å²) in [6, 6.07) is 7.66. The van der Waals surface area contributed by atoms with Gasteiger partial charge in [-0.05, 0) is 23.6 Å². The molecule has 3 aromatic heterocycles. The van der Waals surface area contributed by atoms with E-state index in [2.05, 4.69) is 15.1 Å². The minimum atomic E-state index is -0.431. The third kappa shape index (κ3) is 2.53. The third-order valence-corrected chi connectivity index (χ3v) is 4.17. The van der Waals surface area contributed by atoms with E-state index < -0.39 is 5.82 Å². The van der Waals surface area contributed by atoms with Crippen molar-refractivity contribution in [3.8, 4) is 10.7 Å². The van der Waals surface area contributed by atoms with Crippen molar-refractivity contribution in [1.82, 2.24) is 19.7 Å². The van der Waals surface area contributed by atoms with Crippen molar-refractivity contribution in [3.63, 3.8) is 0 Å². The van der Waals surface area contributed by atoms with E-state index in [4.69, 9.17) is 4.52 Å². The maximum Gasteiger partial charge on any atom is 0.261 e. The van der Waals surface area contributed by atoms with Crippen molar-refractivity contribution in [2.45, 2.75) is 6.54 Å². The van der Waals surface area contributed by atoms with Crippen LogP contribution in [0, 0.1) is 5.82 Å². The van der Waals surface area contributed by atoms with Gasteiger partial charge >= 0.3 is 0 Å². The molecule has 0 fully saturated rings. The normalized spacial score (nSPS) is 11.2. The van der Waals surface area contributed by atoms with Crippen LogP contribution < -0.4 is 5.56 Å². The number of hydrogen-bond donors (Lipinski definition) is 0. The van der Waals surface area contributed by atoms with Gasteiger partial charge < -0.3 is 4.52 Å². The smallest absolute Gasteiger partial charge is 0.261 e. The molecule has 23 heavy (non-hydrogen) atoms. The summed E-state index contributed by atoms with van der Waals surface area (Å²) in [5, 5.41) is 6.16. The quantitative estimate of drug-likeness (QED) is 0.578. The van der Waals surface area contributed by atoms with Gasteiger partial charge in [-0.15, -0.1) is 11.3 Å². The Morgan fingerprint density at radius 3 is 3.04 bits per heavy atom. The zero-order valence-electron chi connectivity index (χ0n) is 11.6. The molecule has 1 aromatic carbocycles. The predicted octanol–water partition coefficient (Wildman–Crippen LogP) is 2.70. The molecule has 0 unspecified atom stereocenters. The first kappa shape index (κ1) is 13.8. The van der Waals surface area contributed by atoms with E-state index in [1.54, 1.807) is 0 Å². The number of halogens is 1. The van der Waals surface area contributed by atoms with E-state index >= 15 is 0 Å². The van der Waals surface area contributed by atoms with Gasteiger partial charge in [0.05, 0.1) is 22.1 Å². The molecule has 3 heterocycles. The van der Waals surface area contributed by atoms with Gasteiger partial charge in [-0.2, -0.15) is 4.98 Å². The summed E-state index contributed by atoms with van der Waals surface area (Å²) in [5.74, 6) is 0.359. The Morgan fingerprint density at radius 1 is 1.30 bits per heavy atom. The van der Waals surface area contributed by atoms with Crippen LogP contribution in [0.5, 0.6) is 0 Å². The average molecular weight is 328 g/mol. The van der Waals surface area contributed by atoms with Crippen molar-refractivity contribution < 1.29 is 8.91 Å². The van der Waals surface area contributed by atoms with E-state index in [9.17, 15) is 9.18 Å². The average Bonchev–Trinajstić information content (AvgIpc) is 3.21. The van der Waals surface area contributed by atoms with Crippen LogP contribution in [0.15, 0.2) is 51.4 Å². The van der Waals surface area contributed by atoms with Gasteiger partial charge in [-0.25, -0.2) is 9.37 Å². The fourth-order valence-corrected chi connectivity index (χ4v) is 2.86. The number of nitrogens with zero attached hydrogens (tertiary/aromatic N) is 4. The van der Waals surface area contributed by atoms with Crippen LogP contribution in [0.25, 0.3) is 21.6 Å². The molecule has 0 amide bonds. The first-order valence-corrected chi connectivity index (χ1v) is 7.60. The Morgan fingerprint density at radius 2 is 2.22 bits per heavy atom. The maximum absolute atomic E-state index is 13.2. The van der Waals surface area contributed by atoms with E-state index in [-0.39, 0.29) is 12.1 Å². The number of thiophene rings is 1. The van der Waals surface area contributed by atoms with Crippen LogP contribution in [0.3, 0.4) is 0 Å². The van der Waals surface area contributed by atoms with E-state index in [1.807, 2.05) is 17.5 Å². The van der Waals surface area contributed by atoms with Crippen LogP contribution in [0.4, 0.5) is 4.39 Å². The number of hydrogen-bond acceptors (Lipinski definition) is 6. The molecule has 8 heteroatoms. The van der Waals surface area contributed by atoms with Gasteiger partial charge in [0, 0.05) is 6.07 Å². The lowest BCUT2D eigenvalue weighted by Crippen LogP contribution is -2.21. The lowest BCUT2D eigenvalue weighted by atomic mass is 10.2. The molecule has 0 saturated heterocycles. The summed E-state index contributed by atoms with van der Waals surface area (Å²) in [6.07, 6.45) is 1.35. The van der Waals surface area contributed by atoms with Crippen LogP contribution >= 0.6 is 11.3 Å². The van der Waals surface area contributed by atoms with Gasteiger partial charge in [0.1, 0.15) is 12.4 Å². The van der Waals surface area contributed by atoms with Gasteiger partial charge in [0.2, 0.25) is 11.7 Å². The molecule has 4 aromatic rings. The lowest BCUT2D eigenvalue weighted by molar-refractivity contribution is 0.370. The molecular weight excluding hydrogens is 319 g/mol. The second-order valence-corrected chi connectivity index (χ2v) is 5.78. The molecule has 0 atom stereocenters. The standard InChI is InChI=1S/C15H9FN4O2S/c16-9-3-4-10-11(6-9)17-8-20(15(10)21)7-13-18-14(19-22-13)12-2-1-5-23-12/h1-6,8H,7H2. The molecule has 0 bridgehead atoms. The number of rotatable bonds is 3. The number of fused-ring (bicyclic) bond motifs is 1. The molecule has 0 aliphatic rings. The zero-order chi connectivity index (χ0) is 15.8. The van der Waals surface area contributed by atoms with Crippen molar-refractivity contribution in [3.05, 3.63) is 64.1 Å². The first-order valence-electron chi connectivity index (χ1n) is 6.72. The van der Waals surface area contributed by atoms with E-state index in [0.29, 0.717) is 22.6 Å². The zero-order valence-corrected chi connectivity index (χ0v) is 12.5. The third-order valence-electron chi connectivity index (χ3n) is 3.30. The van der Waals surface area contributed by atoms with Crippen LogP contribution in [0.1, 0.15) is 5.89 Å². The Bertz CT molecular complexity index is 1040. The van der Waals surface area contributed by atoms with Crippen molar-refractivity contribution in [1.29, 1.82) is 0 Å². The maximum atomic E-state index is 13.2. The van der Waals surface area contributed by atoms with Gasteiger partial charge in [-0.3, -0.25) is 9.36 Å². The van der Waals surface area contributed by atoms with Crippen molar-refractivity contribution in [2.75, 3.05) is 0 Å². The first-order chi connectivity index (χ1) is 11.2. The summed E-state index contributed by atoms with van der Waals surface area (Å²) in [6.45, 7) is 0.109. The highest BCUT2D eigenvalue weighted by Crippen LogP contribution is 2.21. The minimum Gasteiger partial charge on any atom is -0.337 e. The van der Waals surface area contributed by atoms with Gasteiger partial charge in [-0.1, -0.05) is 11.2 Å².